The summed E-state index contributed by atoms with van der Waals surface area (Å²) in [5.74, 6) is -3.17. The van der Waals surface area contributed by atoms with Gasteiger partial charge >= 0.3 is 6.18 Å². The van der Waals surface area contributed by atoms with Crippen molar-refractivity contribution in [2.45, 2.75) is 43.8 Å². The highest BCUT2D eigenvalue weighted by molar-refractivity contribution is 5.89. The van der Waals surface area contributed by atoms with Gasteiger partial charge in [0, 0.05) is 29.7 Å². The van der Waals surface area contributed by atoms with E-state index in [2.05, 4.69) is 21.4 Å². The van der Waals surface area contributed by atoms with Gasteiger partial charge in [0.25, 0.3) is 0 Å². The van der Waals surface area contributed by atoms with Gasteiger partial charge in [0.15, 0.2) is 0 Å². The standard InChI is InChI=1S/C21H25F4N5O/c22-13-3-1-11(2-4-13)15-9-14(21(23,24)25)18-19(27-15)29-30-16(10-17(31)28-20(18)30)12-5-7-26-8-6-12/h1-4,10,12,14-15,18-20,26-27,29H,5-9H2,(H,28,31). The van der Waals surface area contributed by atoms with E-state index in [9.17, 15) is 22.4 Å². The molecule has 0 spiro atoms. The van der Waals surface area contributed by atoms with Crippen molar-refractivity contribution in [2.24, 2.45) is 17.8 Å². The van der Waals surface area contributed by atoms with E-state index in [1.807, 2.05) is 0 Å². The van der Waals surface area contributed by atoms with Crippen LogP contribution >= 0.6 is 0 Å². The van der Waals surface area contributed by atoms with Crippen molar-refractivity contribution in [3.8, 4) is 0 Å². The molecule has 0 bridgehead atoms. The Kier molecular flexibility index (Phi) is 5.18. The van der Waals surface area contributed by atoms with Crippen LogP contribution in [0.25, 0.3) is 0 Å². The summed E-state index contributed by atoms with van der Waals surface area (Å²) in [6.07, 6.45) is -2.89. The van der Waals surface area contributed by atoms with Gasteiger partial charge in [-0.15, -0.1) is 0 Å². The van der Waals surface area contributed by atoms with Gasteiger partial charge in [-0.1, -0.05) is 12.1 Å². The Bertz CT molecular complexity index is 868. The van der Waals surface area contributed by atoms with E-state index in [0.717, 1.165) is 31.6 Å². The molecule has 0 radical (unpaired) electrons. The van der Waals surface area contributed by atoms with Crippen molar-refractivity contribution in [3.63, 3.8) is 0 Å². The Morgan fingerprint density at radius 1 is 1.06 bits per heavy atom. The average Bonchev–Trinajstić information content (AvgIpc) is 3.11. The van der Waals surface area contributed by atoms with Crippen molar-refractivity contribution >= 4 is 5.91 Å². The quantitative estimate of drug-likeness (QED) is 0.532. The minimum Gasteiger partial charge on any atom is -0.331 e. The zero-order valence-corrected chi connectivity index (χ0v) is 16.8. The summed E-state index contributed by atoms with van der Waals surface area (Å²) in [6, 6.07) is 4.98. The molecule has 0 aliphatic carbocycles. The molecule has 5 unspecified atom stereocenters. The molecule has 4 aliphatic heterocycles. The summed E-state index contributed by atoms with van der Waals surface area (Å²) in [5, 5.41) is 11.1. The van der Waals surface area contributed by atoms with Crippen molar-refractivity contribution in [3.05, 3.63) is 47.4 Å². The highest BCUT2D eigenvalue weighted by atomic mass is 19.4. The van der Waals surface area contributed by atoms with Crippen LogP contribution in [0.15, 0.2) is 36.0 Å². The molecule has 5 atom stereocenters. The SMILES string of the molecule is O=C1C=C(C2CCNCC2)N2NC3NC(c4ccc(F)cc4)CC(C(F)(F)F)C3C2N1. The van der Waals surface area contributed by atoms with Gasteiger partial charge < -0.3 is 10.6 Å². The van der Waals surface area contributed by atoms with Crippen LogP contribution in [-0.2, 0) is 4.79 Å². The number of rotatable bonds is 2. The second-order valence-electron chi connectivity index (χ2n) is 8.76. The molecule has 0 aromatic heterocycles. The first-order valence-corrected chi connectivity index (χ1v) is 10.7. The van der Waals surface area contributed by atoms with Gasteiger partial charge in [-0.2, -0.15) is 13.2 Å². The number of hydrogen-bond donors (Lipinski definition) is 4. The molecule has 0 saturated carbocycles. The smallest absolute Gasteiger partial charge is 0.331 e. The van der Waals surface area contributed by atoms with Gasteiger partial charge in [0.05, 0.1) is 12.1 Å². The monoisotopic (exact) mass is 439 g/mol. The van der Waals surface area contributed by atoms with Crippen molar-refractivity contribution in [1.82, 2.24) is 26.4 Å². The van der Waals surface area contributed by atoms with Crippen LogP contribution in [0.5, 0.6) is 0 Å². The van der Waals surface area contributed by atoms with Crippen LogP contribution in [0.1, 0.15) is 30.9 Å². The van der Waals surface area contributed by atoms with Crippen LogP contribution in [0, 0.1) is 23.6 Å². The number of piperidine rings is 2. The second kappa shape index (κ2) is 7.75. The van der Waals surface area contributed by atoms with Crippen LogP contribution in [-0.4, -0.2) is 42.5 Å². The van der Waals surface area contributed by atoms with E-state index in [-0.39, 0.29) is 18.2 Å². The summed E-state index contributed by atoms with van der Waals surface area (Å²) >= 11 is 0. The zero-order chi connectivity index (χ0) is 21.8. The molecular weight excluding hydrogens is 414 g/mol. The highest BCUT2D eigenvalue weighted by Crippen LogP contribution is 2.48. The number of benzene rings is 1. The summed E-state index contributed by atoms with van der Waals surface area (Å²) in [7, 11) is 0. The molecule has 1 aromatic carbocycles. The number of allylic oxidation sites excluding steroid dienone is 1. The number of carbonyl (C=O) groups is 1. The van der Waals surface area contributed by atoms with Gasteiger partial charge in [-0.3, -0.25) is 15.1 Å². The van der Waals surface area contributed by atoms with Gasteiger partial charge in [0.1, 0.15) is 12.0 Å². The number of carbonyl (C=O) groups excluding carboxylic acids is 1. The first-order valence-electron chi connectivity index (χ1n) is 10.7. The summed E-state index contributed by atoms with van der Waals surface area (Å²) in [4.78, 5) is 12.4. The number of amides is 1. The first-order chi connectivity index (χ1) is 14.8. The molecule has 4 heterocycles. The largest absolute Gasteiger partial charge is 0.392 e. The Balaban J connectivity index is 1.46. The lowest BCUT2D eigenvalue weighted by atomic mass is 9.77. The molecule has 3 saturated heterocycles. The third-order valence-electron chi connectivity index (χ3n) is 6.94. The van der Waals surface area contributed by atoms with Crippen LogP contribution < -0.4 is 21.4 Å². The summed E-state index contributed by atoms with van der Waals surface area (Å²) in [5.41, 5.74) is 4.59. The highest BCUT2D eigenvalue weighted by Gasteiger charge is 2.59. The van der Waals surface area contributed by atoms with E-state index in [0.29, 0.717) is 5.56 Å². The van der Waals surface area contributed by atoms with Gasteiger partial charge in [-0.25, -0.2) is 9.82 Å². The molecule has 4 N–H and O–H groups in total. The van der Waals surface area contributed by atoms with E-state index in [4.69, 9.17) is 0 Å². The number of nitrogens with one attached hydrogen (secondary N) is 4. The van der Waals surface area contributed by atoms with Gasteiger partial charge in [-0.05, 0) is 50.0 Å². The molecule has 1 amide bonds. The predicted molar refractivity (Wildman–Crippen MR) is 104 cm³/mol. The zero-order valence-electron chi connectivity index (χ0n) is 16.8. The molecule has 4 aliphatic rings. The number of hydrazine groups is 1. The minimum atomic E-state index is -4.43. The lowest BCUT2D eigenvalue weighted by Gasteiger charge is -2.42. The Hall–Kier alpha value is -2.17. The van der Waals surface area contributed by atoms with Crippen LogP contribution in [0.4, 0.5) is 17.6 Å². The normalized spacial score (nSPS) is 34.1. The fraction of sp³-hybridized carbons (Fsp3) is 0.571. The van der Waals surface area contributed by atoms with Crippen molar-refractivity contribution < 1.29 is 22.4 Å². The number of nitrogens with zero attached hydrogens (tertiary/aromatic N) is 1. The van der Waals surface area contributed by atoms with E-state index < -0.39 is 42.2 Å². The second-order valence-corrected chi connectivity index (χ2v) is 8.76. The number of hydrogen-bond acceptors (Lipinski definition) is 5. The first kappa shape index (κ1) is 20.7. The Morgan fingerprint density at radius 3 is 2.45 bits per heavy atom. The number of fused-ring (bicyclic) bond motifs is 3. The van der Waals surface area contributed by atoms with Crippen LogP contribution in [0.2, 0.25) is 0 Å². The lowest BCUT2D eigenvalue weighted by molar-refractivity contribution is -0.204. The third kappa shape index (κ3) is 3.81. The Morgan fingerprint density at radius 2 is 1.77 bits per heavy atom. The van der Waals surface area contributed by atoms with E-state index >= 15 is 0 Å². The molecular formula is C21H25F4N5O. The van der Waals surface area contributed by atoms with Crippen molar-refractivity contribution in [1.29, 1.82) is 0 Å². The summed E-state index contributed by atoms with van der Waals surface area (Å²) in [6.45, 7) is 1.62. The topological polar surface area (TPSA) is 68.4 Å². The minimum absolute atomic E-state index is 0.111. The van der Waals surface area contributed by atoms with Gasteiger partial charge in [0.2, 0.25) is 5.91 Å². The fourth-order valence-electron chi connectivity index (χ4n) is 5.47. The van der Waals surface area contributed by atoms with E-state index in [1.165, 1.54) is 30.3 Å². The molecule has 168 valence electrons. The number of halogens is 4. The average molecular weight is 439 g/mol. The summed E-state index contributed by atoms with van der Waals surface area (Å²) < 4.78 is 55.8. The molecule has 5 rings (SSSR count). The predicted octanol–water partition coefficient (Wildman–Crippen LogP) is 2.14. The maximum absolute atomic E-state index is 14.2. The maximum Gasteiger partial charge on any atom is 0.392 e. The molecule has 6 nitrogen and oxygen atoms in total. The molecule has 10 heteroatoms. The molecule has 3 fully saturated rings. The molecule has 1 aromatic rings. The van der Waals surface area contributed by atoms with Crippen LogP contribution in [0.3, 0.4) is 0 Å². The fourth-order valence-corrected chi connectivity index (χ4v) is 5.47. The lowest BCUT2D eigenvalue weighted by Crippen LogP contribution is -2.57. The Labute approximate surface area is 177 Å². The maximum atomic E-state index is 14.2. The third-order valence-corrected chi connectivity index (χ3v) is 6.94. The van der Waals surface area contributed by atoms with Crippen molar-refractivity contribution in [2.75, 3.05) is 13.1 Å². The molecule has 31 heavy (non-hydrogen) atoms. The van der Waals surface area contributed by atoms with E-state index in [1.54, 1.807) is 5.01 Å². The number of alkyl halides is 3.